The lowest BCUT2D eigenvalue weighted by molar-refractivity contribution is 0.296. The van der Waals surface area contributed by atoms with Crippen LogP contribution in [0.15, 0.2) is 34.9 Å². The van der Waals surface area contributed by atoms with Gasteiger partial charge in [0.25, 0.3) is 10.2 Å². The molecule has 0 amide bonds. The van der Waals surface area contributed by atoms with Crippen LogP contribution in [0.2, 0.25) is 0 Å². The topological polar surface area (TPSA) is 65.8 Å². The van der Waals surface area contributed by atoms with Crippen molar-refractivity contribution >= 4 is 21.2 Å². The van der Waals surface area contributed by atoms with Gasteiger partial charge in [-0.05, 0) is 35.6 Å². The van der Waals surface area contributed by atoms with Crippen LogP contribution in [-0.4, -0.2) is 50.8 Å². The van der Waals surface area contributed by atoms with Crippen LogP contribution in [0, 0.1) is 11.8 Å². The fourth-order valence-corrected chi connectivity index (χ4v) is 4.35. The first kappa shape index (κ1) is 18.4. The molecule has 0 aliphatic carbocycles. The molecule has 0 spiro atoms. The number of hydrogen-bond donors (Lipinski definition) is 1. The predicted molar refractivity (Wildman–Crippen MR) is 99.3 cm³/mol. The number of furan rings is 1. The first-order valence-electron chi connectivity index (χ1n) is 8.64. The molecule has 7 heteroatoms. The Bertz CT molecular complexity index is 829. The molecule has 3 rings (SSSR count). The van der Waals surface area contributed by atoms with E-state index in [1.165, 1.54) is 9.87 Å². The highest BCUT2D eigenvalue weighted by Gasteiger charge is 2.37. The van der Waals surface area contributed by atoms with E-state index in [-0.39, 0.29) is 6.04 Å². The van der Waals surface area contributed by atoms with Crippen LogP contribution in [0.4, 0.5) is 0 Å². The van der Waals surface area contributed by atoms with Crippen LogP contribution in [0.3, 0.4) is 0 Å². The van der Waals surface area contributed by atoms with Crippen molar-refractivity contribution in [2.75, 3.05) is 27.2 Å². The summed E-state index contributed by atoms with van der Waals surface area (Å²) in [6.07, 6.45) is 1.70. The molecule has 1 fully saturated rings. The molecule has 6 nitrogen and oxygen atoms in total. The van der Waals surface area contributed by atoms with E-state index in [2.05, 4.69) is 35.6 Å². The largest absolute Gasteiger partial charge is 0.464 e. The standard InChI is InChI=1S/C18H27N3O3S/c1-13(2)16-11-21(12-17(16)19-25(22,23)20(3)4)10-14-5-6-18-15(9-14)7-8-24-18/h5-9,13,16-17,19H,10-12H2,1-4H3. The summed E-state index contributed by atoms with van der Waals surface area (Å²) >= 11 is 0. The molecule has 1 N–H and O–H groups in total. The Balaban J connectivity index is 1.73. The summed E-state index contributed by atoms with van der Waals surface area (Å²) in [5.74, 6) is 0.712. The van der Waals surface area contributed by atoms with Crippen molar-refractivity contribution in [1.82, 2.24) is 13.9 Å². The SMILES string of the molecule is CC(C)C1CN(Cc2ccc3occc3c2)CC1NS(=O)(=O)N(C)C. The van der Waals surface area contributed by atoms with Crippen LogP contribution >= 0.6 is 0 Å². The lowest BCUT2D eigenvalue weighted by Crippen LogP contribution is -2.46. The average molecular weight is 365 g/mol. The van der Waals surface area contributed by atoms with Gasteiger partial charge >= 0.3 is 0 Å². The molecule has 1 aromatic heterocycles. The van der Waals surface area contributed by atoms with Gasteiger partial charge < -0.3 is 4.42 Å². The molecule has 25 heavy (non-hydrogen) atoms. The highest BCUT2D eigenvalue weighted by Crippen LogP contribution is 2.27. The Morgan fingerprint density at radius 1 is 1.28 bits per heavy atom. The van der Waals surface area contributed by atoms with Crippen molar-refractivity contribution in [3.05, 3.63) is 36.1 Å². The second kappa shape index (κ2) is 7.07. The lowest BCUT2D eigenvalue weighted by atomic mass is 9.92. The van der Waals surface area contributed by atoms with Crippen molar-refractivity contribution in [3.63, 3.8) is 0 Å². The fourth-order valence-electron chi connectivity index (χ4n) is 3.51. The summed E-state index contributed by atoms with van der Waals surface area (Å²) in [7, 11) is -0.311. The minimum absolute atomic E-state index is 0.0648. The molecule has 2 atom stereocenters. The van der Waals surface area contributed by atoms with Crippen LogP contribution in [0.25, 0.3) is 11.0 Å². The number of nitrogens with zero attached hydrogens (tertiary/aromatic N) is 2. The zero-order valence-corrected chi connectivity index (χ0v) is 16.1. The molecule has 2 aromatic rings. The van der Waals surface area contributed by atoms with Crippen LogP contribution in [0.1, 0.15) is 19.4 Å². The maximum absolute atomic E-state index is 12.2. The van der Waals surface area contributed by atoms with Crippen molar-refractivity contribution in [2.24, 2.45) is 11.8 Å². The zero-order valence-electron chi connectivity index (χ0n) is 15.3. The summed E-state index contributed by atoms with van der Waals surface area (Å²) in [6.45, 7) is 6.73. The molecule has 0 radical (unpaired) electrons. The van der Waals surface area contributed by atoms with E-state index in [0.717, 1.165) is 30.6 Å². The maximum atomic E-state index is 12.2. The number of nitrogens with one attached hydrogen (secondary N) is 1. The minimum atomic E-state index is -3.42. The zero-order chi connectivity index (χ0) is 18.2. The number of hydrogen-bond acceptors (Lipinski definition) is 4. The van der Waals surface area contributed by atoms with E-state index in [0.29, 0.717) is 11.8 Å². The van der Waals surface area contributed by atoms with Crippen molar-refractivity contribution in [1.29, 1.82) is 0 Å². The summed E-state index contributed by atoms with van der Waals surface area (Å²) in [5.41, 5.74) is 2.11. The third-order valence-electron chi connectivity index (χ3n) is 5.00. The van der Waals surface area contributed by atoms with Crippen molar-refractivity contribution in [3.8, 4) is 0 Å². The molecule has 0 bridgehead atoms. The smallest absolute Gasteiger partial charge is 0.279 e. The summed E-state index contributed by atoms with van der Waals surface area (Å²) in [5, 5.41) is 1.10. The normalized spacial score (nSPS) is 22.5. The first-order chi connectivity index (χ1) is 11.8. The van der Waals surface area contributed by atoms with E-state index in [9.17, 15) is 8.42 Å². The molecule has 2 unspecified atom stereocenters. The van der Waals surface area contributed by atoms with E-state index in [4.69, 9.17) is 4.42 Å². The highest BCUT2D eigenvalue weighted by molar-refractivity contribution is 7.87. The molecule has 1 aliphatic heterocycles. The number of likely N-dealkylation sites (tertiary alicyclic amines) is 1. The first-order valence-corrected chi connectivity index (χ1v) is 10.1. The molecule has 1 aromatic carbocycles. The van der Waals surface area contributed by atoms with E-state index >= 15 is 0 Å². The predicted octanol–water partition coefficient (Wildman–Crippen LogP) is 2.29. The van der Waals surface area contributed by atoms with Gasteiger partial charge in [-0.2, -0.15) is 17.4 Å². The summed E-state index contributed by atoms with van der Waals surface area (Å²) in [4.78, 5) is 2.33. The van der Waals surface area contributed by atoms with Crippen LogP contribution in [0.5, 0.6) is 0 Å². The Morgan fingerprint density at radius 3 is 2.72 bits per heavy atom. The maximum Gasteiger partial charge on any atom is 0.279 e. The van der Waals surface area contributed by atoms with Gasteiger partial charge in [-0.25, -0.2) is 0 Å². The monoisotopic (exact) mass is 365 g/mol. The van der Waals surface area contributed by atoms with Crippen molar-refractivity contribution < 1.29 is 12.8 Å². The summed E-state index contributed by atoms with van der Waals surface area (Å²) in [6, 6.07) is 8.11. The Kier molecular flexibility index (Phi) is 5.20. The van der Waals surface area contributed by atoms with Crippen molar-refractivity contribution in [2.45, 2.75) is 26.4 Å². The van der Waals surface area contributed by atoms with Gasteiger partial charge in [0, 0.05) is 45.2 Å². The minimum Gasteiger partial charge on any atom is -0.464 e. The highest BCUT2D eigenvalue weighted by atomic mass is 32.2. The molecular formula is C18H27N3O3S. The number of benzene rings is 1. The van der Waals surface area contributed by atoms with Gasteiger partial charge in [0.15, 0.2) is 0 Å². The number of rotatable bonds is 6. The molecule has 138 valence electrons. The Labute approximate surface area is 150 Å². The lowest BCUT2D eigenvalue weighted by Gasteiger charge is -2.24. The second-order valence-electron chi connectivity index (χ2n) is 7.41. The van der Waals surface area contributed by atoms with Crippen LogP contribution in [-0.2, 0) is 16.8 Å². The third kappa shape index (κ3) is 4.06. The molecule has 1 saturated heterocycles. The number of fused-ring (bicyclic) bond motifs is 1. The van der Waals surface area contributed by atoms with Crippen LogP contribution < -0.4 is 4.72 Å². The van der Waals surface area contributed by atoms with E-state index < -0.39 is 10.2 Å². The van der Waals surface area contributed by atoms with Gasteiger partial charge in [-0.1, -0.05) is 19.9 Å². The third-order valence-corrected chi connectivity index (χ3v) is 6.56. The molecule has 1 aliphatic rings. The Morgan fingerprint density at radius 2 is 2.04 bits per heavy atom. The fraction of sp³-hybridized carbons (Fsp3) is 0.556. The second-order valence-corrected chi connectivity index (χ2v) is 9.32. The molecule has 0 saturated carbocycles. The van der Waals surface area contributed by atoms with Gasteiger partial charge in [-0.15, -0.1) is 0 Å². The van der Waals surface area contributed by atoms with E-state index in [1.807, 2.05) is 12.1 Å². The quantitative estimate of drug-likeness (QED) is 0.853. The Hall–Kier alpha value is -1.41. The van der Waals surface area contributed by atoms with Gasteiger partial charge in [0.1, 0.15) is 5.58 Å². The van der Waals surface area contributed by atoms with E-state index in [1.54, 1.807) is 20.4 Å². The van der Waals surface area contributed by atoms with Gasteiger partial charge in [0.05, 0.1) is 6.26 Å². The molecular weight excluding hydrogens is 338 g/mol. The van der Waals surface area contributed by atoms with Gasteiger partial charge in [-0.3, -0.25) is 4.90 Å². The molecule has 2 heterocycles. The summed E-state index contributed by atoms with van der Waals surface area (Å²) < 4.78 is 33.9. The van der Waals surface area contributed by atoms with Gasteiger partial charge in [0.2, 0.25) is 0 Å². The average Bonchev–Trinajstić information content (AvgIpc) is 3.13.